The Bertz CT molecular complexity index is 506. The molecule has 0 saturated carbocycles. The second-order valence-electron chi connectivity index (χ2n) is 5.85. The number of ether oxygens (including phenoxy) is 1. The summed E-state index contributed by atoms with van der Waals surface area (Å²) >= 11 is 0. The third-order valence-electron chi connectivity index (χ3n) is 3.34. The van der Waals surface area contributed by atoms with Crippen molar-refractivity contribution in [3.8, 4) is 5.75 Å². The van der Waals surface area contributed by atoms with E-state index in [2.05, 4.69) is 32.6 Å². The summed E-state index contributed by atoms with van der Waals surface area (Å²) in [7, 11) is 0. The zero-order valence-corrected chi connectivity index (χ0v) is 13.9. The molecule has 0 aliphatic carbocycles. The molecule has 21 heavy (non-hydrogen) atoms. The average Bonchev–Trinajstić information content (AvgIpc) is 2.41. The zero-order chi connectivity index (χ0) is 16.0. The Kier molecular flexibility index (Phi) is 6.47. The van der Waals surface area contributed by atoms with Gasteiger partial charge < -0.3 is 9.64 Å². The van der Waals surface area contributed by atoms with Gasteiger partial charge in [0.2, 0.25) is 0 Å². The van der Waals surface area contributed by atoms with Crippen LogP contribution in [0.25, 0.3) is 0 Å². The smallest absolute Gasteiger partial charge is 0.260 e. The van der Waals surface area contributed by atoms with Gasteiger partial charge in [0.1, 0.15) is 5.75 Å². The summed E-state index contributed by atoms with van der Waals surface area (Å²) in [6.07, 6.45) is 0. The Labute approximate surface area is 128 Å². The molecule has 0 atom stereocenters. The SMILES string of the molecule is C=C(C)CN(CC)C(=O)COc1cc(C)ccc1C(C)C. The van der Waals surface area contributed by atoms with Crippen molar-refractivity contribution < 1.29 is 9.53 Å². The molecule has 1 aromatic carbocycles. The van der Waals surface area contributed by atoms with Crippen LogP contribution in [0.4, 0.5) is 0 Å². The molecule has 0 unspecified atom stereocenters. The van der Waals surface area contributed by atoms with Gasteiger partial charge in [0.25, 0.3) is 5.91 Å². The number of benzene rings is 1. The van der Waals surface area contributed by atoms with Gasteiger partial charge in [-0.3, -0.25) is 4.79 Å². The molecule has 0 bridgehead atoms. The quantitative estimate of drug-likeness (QED) is 0.712. The van der Waals surface area contributed by atoms with E-state index >= 15 is 0 Å². The molecule has 0 fully saturated rings. The lowest BCUT2D eigenvalue weighted by Gasteiger charge is -2.22. The minimum absolute atomic E-state index is 0.00304. The first-order chi connectivity index (χ1) is 9.85. The van der Waals surface area contributed by atoms with Crippen molar-refractivity contribution in [3.63, 3.8) is 0 Å². The number of hydrogen-bond donors (Lipinski definition) is 0. The van der Waals surface area contributed by atoms with E-state index in [4.69, 9.17) is 4.74 Å². The monoisotopic (exact) mass is 289 g/mol. The highest BCUT2D eigenvalue weighted by molar-refractivity contribution is 5.78. The minimum atomic E-state index is -0.00304. The molecule has 0 heterocycles. The third kappa shape index (κ3) is 5.25. The fourth-order valence-electron chi connectivity index (χ4n) is 2.18. The third-order valence-corrected chi connectivity index (χ3v) is 3.34. The van der Waals surface area contributed by atoms with Gasteiger partial charge in [0.15, 0.2) is 6.61 Å². The normalized spacial score (nSPS) is 10.6. The Hall–Kier alpha value is -1.77. The van der Waals surface area contributed by atoms with Gasteiger partial charge >= 0.3 is 0 Å². The maximum atomic E-state index is 12.2. The van der Waals surface area contributed by atoms with Crippen LogP contribution in [0, 0.1) is 6.92 Å². The minimum Gasteiger partial charge on any atom is -0.483 e. The first-order valence-electron chi connectivity index (χ1n) is 7.50. The summed E-state index contributed by atoms with van der Waals surface area (Å²) in [6, 6.07) is 6.15. The van der Waals surface area contributed by atoms with E-state index in [1.807, 2.05) is 26.8 Å². The summed E-state index contributed by atoms with van der Waals surface area (Å²) in [5.74, 6) is 1.18. The highest BCUT2D eigenvalue weighted by Gasteiger charge is 2.14. The maximum Gasteiger partial charge on any atom is 0.260 e. The summed E-state index contributed by atoms with van der Waals surface area (Å²) in [6.45, 7) is 15.3. The second-order valence-corrected chi connectivity index (χ2v) is 5.85. The Balaban J connectivity index is 2.76. The molecular formula is C18H27NO2. The van der Waals surface area contributed by atoms with Crippen LogP contribution in [0.3, 0.4) is 0 Å². The first-order valence-corrected chi connectivity index (χ1v) is 7.50. The standard InChI is InChI=1S/C18H27NO2/c1-7-19(11-13(2)3)18(20)12-21-17-10-15(6)8-9-16(17)14(4)5/h8-10,14H,2,7,11-12H2,1,3-6H3. The summed E-state index contributed by atoms with van der Waals surface area (Å²) in [5, 5.41) is 0. The fourth-order valence-corrected chi connectivity index (χ4v) is 2.18. The van der Waals surface area contributed by atoms with Gasteiger partial charge in [-0.2, -0.15) is 0 Å². The maximum absolute atomic E-state index is 12.2. The van der Waals surface area contributed by atoms with Crippen molar-refractivity contribution in [2.24, 2.45) is 0 Å². The summed E-state index contributed by atoms with van der Waals surface area (Å²) in [4.78, 5) is 14.0. The molecule has 0 radical (unpaired) electrons. The molecule has 1 rings (SSSR count). The van der Waals surface area contributed by atoms with Gasteiger partial charge in [-0.05, 0) is 43.9 Å². The molecule has 3 nitrogen and oxygen atoms in total. The number of amides is 1. The van der Waals surface area contributed by atoms with Crippen molar-refractivity contribution in [2.45, 2.75) is 40.5 Å². The van der Waals surface area contributed by atoms with E-state index in [0.717, 1.165) is 22.4 Å². The molecular weight excluding hydrogens is 262 g/mol. The highest BCUT2D eigenvalue weighted by atomic mass is 16.5. The van der Waals surface area contributed by atoms with Crippen molar-refractivity contribution in [2.75, 3.05) is 19.7 Å². The summed E-state index contributed by atoms with van der Waals surface area (Å²) < 4.78 is 5.78. The van der Waals surface area contributed by atoms with Crippen LogP contribution in [0.15, 0.2) is 30.4 Å². The highest BCUT2D eigenvalue weighted by Crippen LogP contribution is 2.27. The van der Waals surface area contributed by atoms with Crippen molar-refractivity contribution in [1.82, 2.24) is 4.90 Å². The van der Waals surface area contributed by atoms with Crippen LogP contribution >= 0.6 is 0 Å². The van der Waals surface area contributed by atoms with Crippen LogP contribution in [0.1, 0.15) is 44.7 Å². The Morgan fingerprint density at radius 2 is 2.05 bits per heavy atom. The van der Waals surface area contributed by atoms with Crippen molar-refractivity contribution >= 4 is 5.91 Å². The molecule has 0 saturated heterocycles. The lowest BCUT2D eigenvalue weighted by atomic mass is 10.0. The molecule has 0 spiro atoms. The molecule has 116 valence electrons. The molecule has 3 heteroatoms. The number of carbonyl (C=O) groups excluding carboxylic acids is 1. The van der Waals surface area contributed by atoms with E-state index < -0.39 is 0 Å². The fraction of sp³-hybridized carbons (Fsp3) is 0.500. The van der Waals surface area contributed by atoms with Crippen LogP contribution in [-0.2, 0) is 4.79 Å². The Morgan fingerprint density at radius 1 is 1.38 bits per heavy atom. The molecule has 0 aliphatic rings. The molecule has 1 amide bonds. The molecule has 0 aliphatic heterocycles. The zero-order valence-electron chi connectivity index (χ0n) is 13.9. The van der Waals surface area contributed by atoms with Crippen LogP contribution in [0.5, 0.6) is 5.75 Å². The van der Waals surface area contributed by atoms with E-state index in [1.54, 1.807) is 4.90 Å². The lowest BCUT2D eigenvalue weighted by Crippen LogP contribution is -2.35. The van der Waals surface area contributed by atoms with Gasteiger partial charge in [-0.25, -0.2) is 0 Å². The lowest BCUT2D eigenvalue weighted by molar-refractivity contribution is -0.132. The largest absolute Gasteiger partial charge is 0.483 e. The van der Waals surface area contributed by atoms with Crippen molar-refractivity contribution in [3.05, 3.63) is 41.5 Å². The molecule has 0 aromatic heterocycles. The topological polar surface area (TPSA) is 29.5 Å². The van der Waals surface area contributed by atoms with E-state index in [-0.39, 0.29) is 12.5 Å². The van der Waals surface area contributed by atoms with E-state index in [1.165, 1.54) is 0 Å². The van der Waals surface area contributed by atoms with Crippen LogP contribution < -0.4 is 4.74 Å². The first kappa shape index (κ1) is 17.3. The van der Waals surface area contributed by atoms with Gasteiger partial charge in [0, 0.05) is 13.1 Å². The van der Waals surface area contributed by atoms with Gasteiger partial charge in [-0.1, -0.05) is 38.1 Å². The molecule has 1 aromatic rings. The van der Waals surface area contributed by atoms with Crippen LogP contribution in [0.2, 0.25) is 0 Å². The van der Waals surface area contributed by atoms with E-state index in [9.17, 15) is 4.79 Å². The predicted molar refractivity (Wildman–Crippen MR) is 87.8 cm³/mol. The second kappa shape index (κ2) is 7.87. The van der Waals surface area contributed by atoms with Gasteiger partial charge in [-0.15, -0.1) is 0 Å². The van der Waals surface area contributed by atoms with Crippen molar-refractivity contribution in [1.29, 1.82) is 0 Å². The van der Waals surface area contributed by atoms with Crippen LogP contribution in [-0.4, -0.2) is 30.5 Å². The number of rotatable bonds is 7. The van der Waals surface area contributed by atoms with Gasteiger partial charge in [0.05, 0.1) is 0 Å². The Morgan fingerprint density at radius 3 is 2.57 bits per heavy atom. The number of nitrogens with zero attached hydrogens (tertiary/aromatic N) is 1. The predicted octanol–water partition coefficient (Wildman–Crippen LogP) is 3.92. The summed E-state index contributed by atoms with van der Waals surface area (Å²) in [5.41, 5.74) is 3.25. The molecule has 0 N–H and O–H groups in total. The average molecular weight is 289 g/mol. The number of aryl methyl sites for hydroxylation is 1. The van der Waals surface area contributed by atoms with E-state index in [0.29, 0.717) is 19.0 Å². The number of hydrogen-bond acceptors (Lipinski definition) is 2. The number of likely N-dealkylation sites (N-methyl/N-ethyl adjacent to an activating group) is 1. The number of carbonyl (C=O) groups is 1.